The van der Waals surface area contributed by atoms with Gasteiger partial charge in [-0.1, -0.05) is 0 Å². The van der Waals surface area contributed by atoms with E-state index in [1.54, 1.807) is 14.2 Å². The van der Waals surface area contributed by atoms with E-state index in [0.29, 0.717) is 32.1 Å². The molecule has 5 rings (SSSR count). The zero-order chi connectivity index (χ0) is 27.3. The predicted molar refractivity (Wildman–Crippen MR) is 129 cm³/mol. The lowest BCUT2D eigenvalue weighted by molar-refractivity contribution is -0.351. The minimum atomic E-state index is -1.56. The molecule has 15 unspecified atom stereocenters. The monoisotopic (exact) mass is 548 g/mol. The molecule has 15 atom stereocenters. The van der Waals surface area contributed by atoms with Crippen LogP contribution in [0, 0.1) is 17.8 Å². The van der Waals surface area contributed by atoms with Gasteiger partial charge < -0.3 is 59.1 Å². The Morgan fingerprint density at radius 1 is 0.737 bits per heavy atom. The Morgan fingerprint density at radius 2 is 1.37 bits per heavy atom. The summed E-state index contributed by atoms with van der Waals surface area (Å²) in [6.45, 7) is 1.43. The fourth-order valence-corrected chi connectivity index (χ4v) is 7.64. The fraction of sp³-hybridized carbons (Fsp3) is 1.00. The normalized spacial score (nSPS) is 55.3. The first kappa shape index (κ1) is 29.0. The average molecular weight is 549 g/mol. The fourth-order valence-electron chi connectivity index (χ4n) is 7.64. The highest BCUT2D eigenvalue weighted by Crippen LogP contribution is 2.51. The largest absolute Gasteiger partial charge is 0.394 e. The molecule has 3 heterocycles. The molecule has 3 aliphatic heterocycles. The Bertz CT molecular complexity index is 769. The van der Waals surface area contributed by atoms with Gasteiger partial charge in [0.15, 0.2) is 6.29 Å². The van der Waals surface area contributed by atoms with Crippen LogP contribution in [0.25, 0.3) is 0 Å². The van der Waals surface area contributed by atoms with Gasteiger partial charge in [0.25, 0.3) is 0 Å². The molecule has 2 aliphatic carbocycles. The van der Waals surface area contributed by atoms with E-state index in [-0.39, 0.29) is 36.1 Å². The van der Waals surface area contributed by atoms with Crippen LogP contribution in [0.15, 0.2) is 0 Å². The van der Waals surface area contributed by atoms with E-state index >= 15 is 0 Å². The standard InChI is InChI=1S/C26H44O12/c1-10-4-13-19-14(35-10)7-12(28)8-15(19)36-24(11-5-16(33-2)20(29)17(6-11)34-3)25(13)38-26-23(32)22(31)21(30)18(9-27)37-26/h10-32H,4-9H2,1-3H3. The first-order chi connectivity index (χ1) is 18.2. The lowest BCUT2D eigenvalue weighted by atomic mass is 9.64. The Kier molecular flexibility index (Phi) is 9.00. The lowest BCUT2D eigenvalue weighted by Gasteiger charge is -2.58. The smallest absolute Gasteiger partial charge is 0.187 e. The molecular weight excluding hydrogens is 504 g/mol. The Labute approximate surface area is 222 Å². The van der Waals surface area contributed by atoms with Crippen LogP contribution in [-0.2, 0) is 28.4 Å². The first-order valence-corrected chi connectivity index (χ1v) is 13.8. The van der Waals surface area contributed by atoms with Gasteiger partial charge in [0.1, 0.15) is 30.5 Å². The molecule has 0 amide bonds. The maximum absolute atomic E-state index is 10.8. The number of methoxy groups -OCH3 is 2. The van der Waals surface area contributed by atoms with Crippen LogP contribution < -0.4 is 0 Å². The predicted octanol–water partition coefficient (Wildman–Crippen LogP) is -1.70. The number of hydrogen-bond donors (Lipinski definition) is 6. The van der Waals surface area contributed by atoms with Crippen molar-refractivity contribution in [3.8, 4) is 0 Å². The van der Waals surface area contributed by atoms with E-state index in [9.17, 15) is 30.6 Å². The average Bonchev–Trinajstić information content (AvgIpc) is 2.89. The summed E-state index contributed by atoms with van der Waals surface area (Å²) in [6, 6.07) is 0. The zero-order valence-electron chi connectivity index (χ0n) is 22.2. The minimum absolute atomic E-state index is 0.0497. The molecule has 0 aromatic heterocycles. The van der Waals surface area contributed by atoms with Gasteiger partial charge >= 0.3 is 0 Å². The molecule has 6 N–H and O–H groups in total. The number of rotatable bonds is 6. The highest BCUT2D eigenvalue weighted by molar-refractivity contribution is 5.06. The molecule has 38 heavy (non-hydrogen) atoms. The van der Waals surface area contributed by atoms with Crippen molar-refractivity contribution < 1.29 is 59.1 Å². The van der Waals surface area contributed by atoms with Crippen LogP contribution in [0.2, 0.25) is 0 Å². The van der Waals surface area contributed by atoms with Crippen molar-refractivity contribution in [1.82, 2.24) is 0 Å². The van der Waals surface area contributed by atoms with Gasteiger partial charge in [-0.2, -0.15) is 0 Å². The molecule has 12 heteroatoms. The highest BCUT2D eigenvalue weighted by Gasteiger charge is 2.59. The van der Waals surface area contributed by atoms with Crippen LogP contribution in [0.3, 0.4) is 0 Å². The lowest BCUT2D eigenvalue weighted by Crippen LogP contribution is -2.66. The summed E-state index contributed by atoms with van der Waals surface area (Å²) >= 11 is 0. The first-order valence-electron chi connectivity index (χ1n) is 13.8. The number of ether oxygens (including phenoxy) is 6. The van der Waals surface area contributed by atoms with Crippen molar-refractivity contribution in [3.05, 3.63) is 0 Å². The molecule has 5 fully saturated rings. The second kappa shape index (κ2) is 11.8. The van der Waals surface area contributed by atoms with Crippen molar-refractivity contribution in [1.29, 1.82) is 0 Å². The van der Waals surface area contributed by atoms with Gasteiger partial charge in [-0.15, -0.1) is 0 Å². The van der Waals surface area contributed by atoms with Gasteiger partial charge in [0, 0.05) is 20.1 Å². The van der Waals surface area contributed by atoms with Gasteiger partial charge in [0.2, 0.25) is 0 Å². The SMILES string of the molecule is COC1CC(C2OC3CC(O)CC4OC(C)CC(C2OC2OC(CO)C(O)C(O)C2O)C43)CC(OC)C1O. The number of hydrogen-bond acceptors (Lipinski definition) is 12. The van der Waals surface area contributed by atoms with Crippen molar-refractivity contribution in [2.45, 2.75) is 125 Å². The maximum atomic E-state index is 10.8. The van der Waals surface area contributed by atoms with Crippen LogP contribution in [0.5, 0.6) is 0 Å². The molecule has 0 bridgehead atoms. The molecule has 0 spiro atoms. The summed E-state index contributed by atoms with van der Waals surface area (Å²) < 4.78 is 36.4. The van der Waals surface area contributed by atoms with E-state index in [0.717, 1.165) is 0 Å². The van der Waals surface area contributed by atoms with Crippen molar-refractivity contribution >= 4 is 0 Å². The number of aliphatic hydroxyl groups is 6. The Balaban J connectivity index is 1.47. The molecular formula is C26H44O12. The van der Waals surface area contributed by atoms with Crippen molar-refractivity contribution in [2.24, 2.45) is 17.8 Å². The third-order valence-corrected chi connectivity index (χ3v) is 9.49. The summed E-state index contributed by atoms with van der Waals surface area (Å²) in [5, 5.41) is 62.5. The van der Waals surface area contributed by atoms with Gasteiger partial charge in [-0.25, -0.2) is 0 Å². The van der Waals surface area contributed by atoms with E-state index in [1.807, 2.05) is 6.92 Å². The molecule has 0 radical (unpaired) electrons. The Hall–Kier alpha value is -0.480. The second-order valence-corrected chi connectivity index (χ2v) is 11.8. The minimum Gasteiger partial charge on any atom is -0.394 e. The quantitative estimate of drug-likeness (QED) is 0.222. The van der Waals surface area contributed by atoms with Crippen LogP contribution in [0.4, 0.5) is 0 Å². The summed E-state index contributed by atoms with van der Waals surface area (Å²) in [4.78, 5) is 0. The molecule has 2 saturated carbocycles. The third kappa shape index (κ3) is 5.28. The van der Waals surface area contributed by atoms with Crippen LogP contribution in [-0.4, -0.2) is 137 Å². The van der Waals surface area contributed by atoms with Gasteiger partial charge in [-0.05, 0) is 50.9 Å². The number of aliphatic hydroxyl groups excluding tert-OH is 6. The molecule has 0 aromatic carbocycles. The van der Waals surface area contributed by atoms with Gasteiger partial charge in [0.05, 0.1) is 55.4 Å². The Morgan fingerprint density at radius 3 is 1.97 bits per heavy atom. The summed E-state index contributed by atoms with van der Waals surface area (Å²) in [7, 11) is 3.09. The molecule has 5 aliphatic rings. The molecule has 3 saturated heterocycles. The molecule has 12 nitrogen and oxygen atoms in total. The summed E-state index contributed by atoms with van der Waals surface area (Å²) in [6.07, 6.45) is -8.43. The van der Waals surface area contributed by atoms with E-state index < -0.39 is 73.9 Å². The molecule has 0 aromatic rings. The van der Waals surface area contributed by atoms with Crippen LogP contribution in [0.1, 0.15) is 39.0 Å². The van der Waals surface area contributed by atoms with Crippen LogP contribution >= 0.6 is 0 Å². The van der Waals surface area contributed by atoms with Crippen molar-refractivity contribution in [3.63, 3.8) is 0 Å². The molecule has 220 valence electrons. The third-order valence-electron chi connectivity index (χ3n) is 9.49. The van der Waals surface area contributed by atoms with E-state index in [1.165, 1.54) is 0 Å². The summed E-state index contributed by atoms with van der Waals surface area (Å²) in [5.74, 6) is -0.271. The van der Waals surface area contributed by atoms with Crippen molar-refractivity contribution in [2.75, 3.05) is 20.8 Å². The summed E-state index contributed by atoms with van der Waals surface area (Å²) in [5.41, 5.74) is 0. The maximum Gasteiger partial charge on any atom is 0.187 e. The van der Waals surface area contributed by atoms with E-state index in [2.05, 4.69) is 0 Å². The van der Waals surface area contributed by atoms with Gasteiger partial charge in [-0.3, -0.25) is 0 Å². The highest BCUT2D eigenvalue weighted by atomic mass is 16.7. The second-order valence-electron chi connectivity index (χ2n) is 11.8. The zero-order valence-corrected chi connectivity index (χ0v) is 22.2. The topological polar surface area (TPSA) is 177 Å². The van der Waals surface area contributed by atoms with E-state index in [4.69, 9.17) is 28.4 Å².